The molecule has 1 atom stereocenters. The minimum atomic E-state index is -3.83. The Labute approximate surface area is 256 Å². The molecule has 0 bridgehead atoms. The van der Waals surface area contributed by atoms with E-state index in [-0.39, 0.29) is 18.5 Å². The van der Waals surface area contributed by atoms with Crippen molar-refractivity contribution < 1.29 is 22.7 Å². The molecule has 3 aromatic carbocycles. The van der Waals surface area contributed by atoms with Gasteiger partial charge in [-0.1, -0.05) is 79.4 Å². The number of nitrogens with zero attached hydrogens (tertiary/aromatic N) is 2. The maximum atomic E-state index is 14.3. The highest BCUT2D eigenvalue weighted by molar-refractivity contribution is 7.92. The lowest BCUT2D eigenvalue weighted by atomic mass is 9.94. The van der Waals surface area contributed by atoms with Crippen molar-refractivity contribution in [1.82, 2.24) is 10.2 Å². The molecule has 1 fully saturated rings. The lowest BCUT2D eigenvalue weighted by molar-refractivity contribution is -0.140. The number of benzene rings is 3. The van der Waals surface area contributed by atoms with Crippen molar-refractivity contribution in [2.75, 3.05) is 23.7 Å². The molecule has 0 saturated heterocycles. The van der Waals surface area contributed by atoms with Crippen LogP contribution < -0.4 is 14.4 Å². The molecule has 1 N–H and O–H groups in total. The largest absolute Gasteiger partial charge is 0.494 e. The van der Waals surface area contributed by atoms with Gasteiger partial charge in [-0.05, 0) is 62.1 Å². The SMILES string of the molecule is CCOc1ccc(N(CC(=O)N(Cc2cccc(C)c2)[C@H](Cc2ccccc2)C(=O)NC2CCCCC2)S(C)(=O)=O)cc1. The van der Waals surface area contributed by atoms with Gasteiger partial charge >= 0.3 is 0 Å². The molecule has 230 valence electrons. The van der Waals surface area contributed by atoms with Crippen molar-refractivity contribution in [2.45, 2.75) is 71.0 Å². The number of carbonyl (C=O) groups is 2. The van der Waals surface area contributed by atoms with Crippen molar-refractivity contribution >= 4 is 27.5 Å². The first-order valence-electron chi connectivity index (χ1n) is 15.0. The third kappa shape index (κ3) is 9.32. The topological polar surface area (TPSA) is 96.0 Å². The van der Waals surface area contributed by atoms with Crippen molar-refractivity contribution in [2.24, 2.45) is 0 Å². The third-order valence-electron chi connectivity index (χ3n) is 7.77. The van der Waals surface area contributed by atoms with Gasteiger partial charge in [-0.2, -0.15) is 0 Å². The number of hydrogen-bond acceptors (Lipinski definition) is 5. The molecule has 0 spiro atoms. The first kappa shape index (κ1) is 32.1. The number of ether oxygens (including phenoxy) is 1. The fraction of sp³-hybridized carbons (Fsp3) is 0.412. The quantitative estimate of drug-likeness (QED) is 0.287. The highest BCUT2D eigenvalue weighted by Crippen LogP contribution is 2.24. The van der Waals surface area contributed by atoms with E-state index in [1.807, 2.05) is 68.4 Å². The van der Waals surface area contributed by atoms with Crippen LogP contribution in [-0.4, -0.2) is 56.6 Å². The van der Waals surface area contributed by atoms with Crippen LogP contribution in [0.1, 0.15) is 55.7 Å². The van der Waals surface area contributed by atoms with Gasteiger partial charge < -0.3 is 15.0 Å². The first-order valence-corrected chi connectivity index (χ1v) is 16.9. The van der Waals surface area contributed by atoms with Gasteiger partial charge in [0.2, 0.25) is 21.8 Å². The van der Waals surface area contributed by atoms with Gasteiger partial charge in [-0.3, -0.25) is 13.9 Å². The smallest absolute Gasteiger partial charge is 0.244 e. The van der Waals surface area contributed by atoms with E-state index in [9.17, 15) is 18.0 Å². The second-order valence-corrected chi connectivity index (χ2v) is 13.2. The molecular formula is C34H43N3O5S. The van der Waals surface area contributed by atoms with Crippen molar-refractivity contribution in [3.05, 3.63) is 95.6 Å². The van der Waals surface area contributed by atoms with E-state index < -0.39 is 28.5 Å². The van der Waals surface area contributed by atoms with Crippen molar-refractivity contribution in [1.29, 1.82) is 0 Å². The van der Waals surface area contributed by atoms with Crippen LogP contribution in [0.25, 0.3) is 0 Å². The average Bonchev–Trinajstić information content (AvgIpc) is 2.99. The number of nitrogens with one attached hydrogen (secondary N) is 1. The van der Waals surface area contributed by atoms with Crippen LogP contribution in [0.4, 0.5) is 5.69 Å². The summed E-state index contributed by atoms with van der Waals surface area (Å²) in [6, 6.07) is 23.3. The molecule has 0 aliphatic heterocycles. The number of rotatable bonds is 13. The fourth-order valence-corrected chi connectivity index (χ4v) is 6.44. The molecule has 0 unspecified atom stereocenters. The van der Waals surface area contributed by atoms with Crippen LogP contribution in [0.2, 0.25) is 0 Å². The molecule has 0 aromatic heterocycles. The molecule has 8 nitrogen and oxygen atoms in total. The molecule has 1 aliphatic rings. The summed E-state index contributed by atoms with van der Waals surface area (Å²) in [7, 11) is -3.83. The Balaban J connectivity index is 1.70. The van der Waals surface area contributed by atoms with Gasteiger partial charge in [0, 0.05) is 19.0 Å². The van der Waals surface area contributed by atoms with Crippen LogP contribution >= 0.6 is 0 Å². The number of amides is 2. The molecule has 1 aliphatic carbocycles. The highest BCUT2D eigenvalue weighted by atomic mass is 32.2. The molecule has 43 heavy (non-hydrogen) atoms. The zero-order chi connectivity index (χ0) is 30.8. The maximum Gasteiger partial charge on any atom is 0.244 e. The van der Waals surface area contributed by atoms with Gasteiger partial charge in [0.05, 0.1) is 18.6 Å². The number of anilines is 1. The maximum absolute atomic E-state index is 14.3. The molecule has 9 heteroatoms. The lowest BCUT2D eigenvalue weighted by Crippen LogP contribution is -2.55. The van der Waals surface area contributed by atoms with Crippen LogP contribution in [0.3, 0.4) is 0 Å². The predicted molar refractivity (Wildman–Crippen MR) is 170 cm³/mol. The van der Waals surface area contributed by atoms with Crippen LogP contribution in [0, 0.1) is 6.92 Å². The zero-order valence-electron chi connectivity index (χ0n) is 25.4. The summed E-state index contributed by atoms with van der Waals surface area (Å²) >= 11 is 0. The normalized spacial score (nSPS) is 14.5. The van der Waals surface area contributed by atoms with Gasteiger partial charge in [0.15, 0.2) is 0 Å². The van der Waals surface area contributed by atoms with Crippen LogP contribution in [0.15, 0.2) is 78.9 Å². The fourth-order valence-electron chi connectivity index (χ4n) is 5.59. The summed E-state index contributed by atoms with van der Waals surface area (Å²) < 4.78 is 32.6. The Morgan fingerprint density at radius 3 is 2.23 bits per heavy atom. The first-order chi connectivity index (χ1) is 20.6. The Bertz CT molecular complexity index is 1450. The van der Waals surface area contributed by atoms with E-state index in [1.165, 1.54) is 0 Å². The number of hydrogen-bond donors (Lipinski definition) is 1. The molecule has 2 amide bonds. The summed E-state index contributed by atoms with van der Waals surface area (Å²) in [6.45, 7) is 4.05. The van der Waals surface area contributed by atoms with E-state index in [1.54, 1.807) is 29.2 Å². The lowest BCUT2D eigenvalue weighted by Gasteiger charge is -2.35. The Morgan fingerprint density at radius 1 is 0.930 bits per heavy atom. The van der Waals surface area contributed by atoms with Crippen molar-refractivity contribution in [3.8, 4) is 5.75 Å². The van der Waals surface area contributed by atoms with Gasteiger partial charge in [0.1, 0.15) is 18.3 Å². The second-order valence-electron chi connectivity index (χ2n) is 11.3. The zero-order valence-corrected chi connectivity index (χ0v) is 26.2. The van der Waals surface area contributed by atoms with E-state index in [0.29, 0.717) is 24.5 Å². The van der Waals surface area contributed by atoms with Crippen LogP contribution in [0.5, 0.6) is 5.75 Å². The molecular weight excluding hydrogens is 562 g/mol. The van der Waals surface area contributed by atoms with Gasteiger partial charge in [-0.15, -0.1) is 0 Å². The van der Waals surface area contributed by atoms with Crippen molar-refractivity contribution in [3.63, 3.8) is 0 Å². The summed E-state index contributed by atoms with van der Waals surface area (Å²) in [4.78, 5) is 29.8. The minimum absolute atomic E-state index is 0.0619. The third-order valence-corrected chi connectivity index (χ3v) is 8.91. The molecule has 0 radical (unpaired) electrons. The standard InChI is InChI=1S/C34H43N3O5S/c1-4-42-31-20-18-30(19-21-31)37(43(3,40)41)25-33(38)36(24-28-15-11-12-26(2)22-28)32(23-27-13-7-5-8-14-27)34(39)35-29-16-9-6-10-17-29/h5,7-8,11-15,18-22,29,32H,4,6,9-10,16-17,23-25H2,1-3H3,(H,35,39)/t32-/m1/s1. The summed E-state index contributed by atoms with van der Waals surface area (Å²) in [6.07, 6.45) is 6.49. The monoisotopic (exact) mass is 605 g/mol. The van der Waals surface area contributed by atoms with Gasteiger partial charge in [-0.25, -0.2) is 8.42 Å². The van der Waals surface area contributed by atoms with Crippen LogP contribution in [-0.2, 0) is 32.6 Å². The molecule has 4 rings (SSSR count). The predicted octanol–water partition coefficient (Wildman–Crippen LogP) is 5.25. The molecule has 0 heterocycles. The minimum Gasteiger partial charge on any atom is -0.494 e. The Morgan fingerprint density at radius 2 is 1.60 bits per heavy atom. The number of sulfonamides is 1. The van der Waals surface area contributed by atoms with E-state index >= 15 is 0 Å². The van der Waals surface area contributed by atoms with E-state index in [4.69, 9.17) is 4.74 Å². The number of aryl methyl sites for hydroxylation is 1. The summed E-state index contributed by atoms with van der Waals surface area (Å²) in [5, 5.41) is 3.23. The van der Waals surface area contributed by atoms with E-state index in [0.717, 1.165) is 59.4 Å². The average molecular weight is 606 g/mol. The number of carbonyl (C=O) groups excluding carboxylic acids is 2. The Kier molecular flexibility index (Phi) is 11.2. The molecule has 3 aromatic rings. The summed E-state index contributed by atoms with van der Waals surface area (Å²) in [5.74, 6) is -0.0707. The highest BCUT2D eigenvalue weighted by Gasteiger charge is 2.34. The molecule has 1 saturated carbocycles. The Hall–Kier alpha value is -3.85. The van der Waals surface area contributed by atoms with Gasteiger partial charge in [0.25, 0.3) is 0 Å². The van der Waals surface area contributed by atoms with E-state index in [2.05, 4.69) is 5.32 Å². The summed E-state index contributed by atoms with van der Waals surface area (Å²) in [5.41, 5.74) is 3.16. The second kappa shape index (κ2) is 15.0.